The number of nitrogens with two attached hydrogens (primary N) is 1. The van der Waals surface area contributed by atoms with Gasteiger partial charge in [0.15, 0.2) is 0 Å². The molecule has 1 rings (SSSR count). The highest BCUT2D eigenvalue weighted by molar-refractivity contribution is 7.88. The smallest absolute Gasteiger partial charge is 0.211 e. The van der Waals surface area contributed by atoms with Crippen LogP contribution in [0.4, 0.5) is 0 Å². The maximum atomic E-state index is 11.1. The van der Waals surface area contributed by atoms with Crippen LogP contribution in [0.3, 0.4) is 0 Å². The summed E-state index contributed by atoms with van der Waals surface area (Å²) in [7, 11) is -3.00. The van der Waals surface area contributed by atoms with Crippen LogP contribution in [0.25, 0.3) is 0 Å². The van der Waals surface area contributed by atoms with Crippen LogP contribution in [0.15, 0.2) is 0 Å². The third-order valence-corrected chi connectivity index (χ3v) is 3.67. The lowest BCUT2D eigenvalue weighted by Crippen LogP contribution is -2.47. The van der Waals surface area contributed by atoms with Crippen LogP contribution in [0.1, 0.15) is 13.3 Å². The van der Waals surface area contributed by atoms with Gasteiger partial charge in [0.25, 0.3) is 0 Å². The highest BCUT2D eigenvalue weighted by Gasteiger charge is 2.27. The summed E-state index contributed by atoms with van der Waals surface area (Å²) in [5.74, 6) is 0.272. The SMILES string of the molecule is CC1CN(S(C)(=O)=O)CCC1N.Cl. The fourth-order valence-corrected chi connectivity index (χ4v) is 2.37. The Bertz CT molecular complexity index is 255. The van der Waals surface area contributed by atoms with Crippen LogP contribution >= 0.6 is 12.4 Å². The second-order valence-corrected chi connectivity index (χ2v) is 5.53. The molecule has 0 aromatic heterocycles. The number of rotatable bonds is 1. The molecule has 0 aliphatic carbocycles. The first-order valence-corrected chi connectivity index (χ1v) is 5.97. The molecule has 80 valence electrons. The monoisotopic (exact) mass is 228 g/mol. The van der Waals surface area contributed by atoms with E-state index in [-0.39, 0.29) is 24.4 Å². The van der Waals surface area contributed by atoms with Gasteiger partial charge in [0.2, 0.25) is 10.0 Å². The van der Waals surface area contributed by atoms with E-state index in [0.717, 1.165) is 6.42 Å². The summed E-state index contributed by atoms with van der Waals surface area (Å²) in [5.41, 5.74) is 5.76. The van der Waals surface area contributed by atoms with Crippen molar-refractivity contribution in [1.29, 1.82) is 0 Å². The summed E-state index contributed by atoms with van der Waals surface area (Å²) in [6.45, 7) is 3.13. The molecule has 0 radical (unpaired) electrons. The van der Waals surface area contributed by atoms with E-state index >= 15 is 0 Å². The van der Waals surface area contributed by atoms with Gasteiger partial charge in [-0.3, -0.25) is 0 Å². The molecule has 1 heterocycles. The van der Waals surface area contributed by atoms with E-state index in [0.29, 0.717) is 13.1 Å². The molecule has 2 atom stereocenters. The number of sulfonamides is 1. The average Bonchev–Trinajstić information content (AvgIpc) is 1.92. The largest absolute Gasteiger partial charge is 0.327 e. The molecule has 1 fully saturated rings. The Kier molecular flexibility index (Phi) is 4.65. The molecule has 6 heteroatoms. The van der Waals surface area contributed by atoms with Gasteiger partial charge in [0.05, 0.1) is 6.26 Å². The zero-order valence-corrected chi connectivity index (χ0v) is 9.57. The molecule has 1 aliphatic heterocycles. The van der Waals surface area contributed by atoms with Crippen LogP contribution in [0, 0.1) is 5.92 Å². The van der Waals surface area contributed by atoms with Crippen molar-refractivity contribution in [3.8, 4) is 0 Å². The number of hydrogen-bond donors (Lipinski definition) is 1. The van der Waals surface area contributed by atoms with Crippen LogP contribution in [0.2, 0.25) is 0 Å². The third-order valence-electron chi connectivity index (χ3n) is 2.40. The van der Waals surface area contributed by atoms with Crippen molar-refractivity contribution < 1.29 is 8.42 Å². The minimum Gasteiger partial charge on any atom is -0.327 e. The van der Waals surface area contributed by atoms with E-state index in [2.05, 4.69) is 0 Å². The predicted octanol–water partition coefficient (Wildman–Crippen LogP) is 0.0369. The molecule has 0 saturated carbocycles. The summed E-state index contributed by atoms with van der Waals surface area (Å²) in [6.07, 6.45) is 2.02. The number of nitrogens with zero attached hydrogens (tertiary/aromatic N) is 1. The summed E-state index contributed by atoms with van der Waals surface area (Å²) >= 11 is 0. The van der Waals surface area contributed by atoms with Gasteiger partial charge >= 0.3 is 0 Å². The Balaban J connectivity index is 0.00000144. The lowest BCUT2D eigenvalue weighted by Gasteiger charge is -2.33. The number of halogens is 1. The van der Waals surface area contributed by atoms with Gasteiger partial charge in [-0.05, 0) is 12.3 Å². The first-order valence-electron chi connectivity index (χ1n) is 4.12. The molecule has 0 bridgehead atoms. The molecule has 0 spiro atoms. The van der Waals surface area contributed by atoms with Gasteiger partial charge in [-0.2, -0.15) is 0 Å². The fourth-order valence-electron chi connectivity index (χ4n) is 1.43. The number of hydrogen-bond acceptors (Lipinski definition) is 3. The molecule has 13 heavy (non-hydrogen) atoms. The number of piperidine rings is 1. The van der Waals surface area contributed by atoms with Crippen LogP contribution in [0.5, 0.6) is 0 Å². The first-order chi connectivity index (χ1) is 5.41. The van der Waals surface area contributed by atoms with Gasteiger partial charge in [0, 0.05) is 19.1 Å². The quantitative estimate of drug-likeness (QED) is 0.689. The van der Waals surface area contributed by atoms with Crippen molar-refractivity contribution in [2.75, 3.05) is 19.3 Å². The highest BCUT2D eigenvalue weighted by Crippen LogP contribution is 2.16. The maximum Gasteiger partial charge on any atom is 0.211 e. The summed E-state index contributed by atoms with van der Waals surface area (Å²) in [4.78, 5) is 0. The predicted molar refractivity (Wildman–Crippen MR) is 55.4 cm³/mol. The first kappa shape index (κ1) is 13.2. The lowest BCUT2D eigenvalue weighted by molar-refractivity contribution is 0.251. The van der Waals surface area contributed by atoms with E-state index in [9.17, 15) is 8.42 Å². The van der Waals surface area contributed by atoms with Gasteiger partial charge in [0.1, 0.15) is 0 Å². The molecule has 0 aromatic rings. The molecule has 2 unspecified atom stereocenters. The molecule has 1 saturated heterocycles. The highest BCUT2D eigenvalue weighted by atomic mass is 35.5. The molecule has 1 aliphatic rings. The topological polar surface area (TPSA) is 63.4 Å². The molecular formula is C7H17ClN2O2S. The van der Waals surface area contributed by atoms with E-state index < -0.39 is 10.0 Å². The summed E-state index contributed by atoms with van der Waals surface area (Å²) in [5, 5.41) is 0. The van der Waals surface area contributed by atoms with Crippen molar-refractivity contribution >= 4 is 22.4 Å². The van der Waals surface area contributed by atoms with Crippen molar-refractivity contribution in [2.45, 2.75) is 19.4 Å². The van der Waals surface area contributed by atoms with E-state index in [4.69, 9.17) is 5.73 Å². The minimum absolute atomic E-state index is 0. The van der Waals surface area contributed by atoms with Gasteiger partial charge < -0.3 is 5.73 Å². The second kappa shape index (κ2) is 4.59. The molecule has 2 N–H and O–H groups in total. The Morgan fingerprint density at radius 1 is 1.46 bits per heavy atom. The molecular weight excluding hydrogens is 212 g/mol. The van der Waals surface area contributed by atoms with Crippen molar-refractivity contribution in [3.05, 3.63) is 0 Å². The van der Waals surface area contributed by atoms with Crippen LogP contribution in [-0.2, 0) is 10.0 Å². The zero-order valence-electron chi connectivity index (χ0n) is 7.93. The van der Waals surface area contributed by atoms with E-state index in [1.165, 1.54) is 10.6 Å². The molecule has 0 aromatic carbocycles. The van der Waals surface area contributed by atoms with E-state index in [1.807, 2.05) is 6.92 Å². The summed E-state index contributed by atoms with van der Waals surface area (Å²) in [6, 6.07) is 0.156. The van der Waals surface area contributed by atoms with Crippen LogP contribution < -0.4 is 5.73 Å². The Morgan fingerprint density at radius 3 is 2.38 bits per heavy atom. The lowest BCUT2D eigenvalue weighted by atomic mass is 9.96. The van der Waals surface area contributed by atoms with Gasteiger partial charge in [-0.15, -0.1) is 12.4 Å². The second-order valence-electron chi connectivity index (χ2n) is 3.55. The maximum absolute atomic E-state index is 11.1. The van der Waals surface area contributed by atoms with E-state index in [1.54, 1.807) is 0 Å². The van der Waals surface area contributed by atoms with Crippen LogP contribution in [-0.4, -0.2) is 38.1 Å². The van der Waals surface area contributed by atoms with Crippen molar-refractivity contribution in [3.63, 3.8) is 0 Å². The van der Waals surface area contributed by atoms with Gasteiger partial charge in [-0.25, -0.2) is 12.7 Å². The van der Waals surface area contributed by atoms with Gasteiger partial charge in [-0.1, -0.05) is 6.92 Å². The normalized spacial score (nSPS) is 31.0. The standard InChI is InChI=1S/C7H16N2O2S.ClH/c1-6-5-9(12(2,10)11)4-3-7(6)8;/h6-7H,3-5,8H2,1-2H3;1H. The Morgan fingerprint density at radius 2 is 2.00 bits per heavy atom. The molecule has 0 amide bonds. The Labute approximate surface area is 85.9 Å². The minimum atomic E-state index is -3.00. The fraction of sp³-hybridized carbons (Fsp3) is 1.00. The van der Waals surface area contributed by atoms with Crippen molar-refractivity contribution in [1.82, 2.24) is 4.31 Å². The average molecular weight is 229 g/mol. The third kappa shape index (κ3) is 3.42. The summed E-state index contributed by atoms with van der Waals surface area (Å²) < 4.78 is 23.7. The Hall–Kier alpha value is 0.160. The molecule has 4 nitrogen and oxygen atoms in total. The van der Waals surface area contributed by atoms with Crippen molar-refractivity contribution in [2.24, 2.45) is 11.7 Å². The zero-order chi connectivity index (χ0) is 9.35.